The van der Waals surface area contributed by atoms with E-state index in [1.54, 1.807) is 6.92 Å². The molecule has 0 fully saturated rings. The van der Waals surface area contributed by atoms with E-state index in [1.807, 2.05) is 0 Å². The van der Waals surface area contributed by atoms with E-state index in [0.29, 0.717) is 0 Å². The fraction of sp³-hybridized carbons (Fsp3) is 0.750. The highest BCUT2D eigenvalue weighted by Crippen LogP contribution is 2.03. The van der Waals surface area contributed by atoms with Crippen molar-refractivity contribution in [2.45, 2.75) is 24.8 Å². The Labute approximate surface area is 86.3 Å². The van der Waals surface area contributed by atoms with Crippen molar-refractivity contribution in [3.8, 4) is 0 Å². The van der Waals surface area contributed by atoms with Gasteiger partial charge in [-0.1, -0.05) is 0 Å². The lowest BCUT2D eigenvalue weighted by Crippen LogP contribution is -2.28. The van der Waals surface area contributed by atoms with Gasteiger partial charge < -0.3 is 9.47 Å². The van der Waals surface area contributed by atoms with Crippen molar-refractivity contribution in [2.75, 3.05) is 13.3 Å². The summed E-state index contributed by atoms with van der Waals surface area (Å²) in [6, 6.07) is 0. The maximum absolute atomic E-state index is 11.9. The molecule has 1 radical (unpaired) electrons. The normalized spacial score (nSPS) is 14.2. The molecule has 4 nitrogen and oxygen atoms in total. The van der Waals surface area contributed by atoms with Crippen LogP contribution in [0.4, 0.5) is 4.39 Å². The summed E-state index contributed by atoms with van der Waals surface area (Å²) in [6.07, 6.45) is -1.46. The monoisotopic (exact) mass is 225 g/mol. The zero-order valence-corrected chi connectivity index (χ0v) is 8.42. The number of hydrogen-bond acceptors (Lipinski definition) is 4. The van der Waals surface area contributed by atoms with Gasteiger partial charge in [-0.15, -0.1) is 11.6 Å². The van der Waals surface area contributed by atoms with Gasteiger partial charge in [0.2, 0.25) is 6.10 Å². The molecule has 6 heteroatoms. The maximum atomic E-state index is 11.9. The van der Waals surface area contributed by atoms with Crippen LogP contribution in [-0.2, 0) is 19.1 Å². The summed E-state index contributed by atoms with van der Waals surface area (Å²) < 4.78 is 20.7. The first-order chi connectivity index (χ1) is 6.61. The van der Waals surface area contributed by atoms with E-state index in [4.69, 9.17) is 11.6 Å². The molecule has 0 aliphatic heterocycles. The second-order valence-electron chi connectivity index (χ2n) is 2.58. The number of alkyl halides is 2. The van der Waals surface area contributed by atoms with Crippen molar-refractivity contribution in [1.29, 1.82) is 0 Å². The van der Waals surface area contributed by atoms with E-state index in [1.165, 1.54) is 0 Å². The highest BCUT2D eigenvalue weighted by Gasteiger charge is 2.21. The van der Waals surface area contributed by atoms with Crippen LogP contribution >= 0.6 is 11.6 Å². The topological polar surface area (TPSA) is 52.6 Å². The number of carbonyl (C=O) groups excluding carboxylic acids is 2. The molecule has 0 saturated heterocycles. The Morgan fingerprint density at radius 1 is 1.64 bits per heavy atom. The third-order valence-corrected chi connectivity index (χ3v) is 1.41. The first kappa shape index (κ1) is 13.2. The Kier molecular flexibility index (Phi) is 7.10. The minimum atomic E-state index is -1.23. The third kappa shape index (κ3) is 5.75. The zero-order valence-electron chi connectivity index (χ0n) is 7.66. The van der Waals surface area contributed by atoms with E-state index in [-0.39, 0.29) is 18.4 Å². The van der Waals surface area contributed by atoms with E-state index >= 15 is 0 Å². The standard InChI is InChI=1S/C8H11ClFO4/c1-6(9)4-13-8(12)7(2-3-10)14-5-11/h6-7H,2-4H2,1H3. The SMILES string of the molecule is CC(Cl)COC(=O)C(CCF)O[C]=O. The highest BCUT2D eigenvalue weighted by molar-refractivity contribution is 6.20. The number of hydrogen-bond donors (Lipinski definition) is 0. The molecular weight excluding hydrogens is 215 g/mol. The highest BCUT2D eigenvalue weighted by atomic mass is 35.5. The van der Waals surface area contributed by atoms with Crippen molar-refractivity contribution in [1.82, 2.24) is 0 Å². The second kappa shape index (κ2) is 7.55. The van der Waals surface area contributed by atoms with Crippen molar-refractivity contribution >= 4 is 24.0 Å². The number of halogens is 2. The first-order valence-corrected chi connectivity index (χ1v) is 4.45. The summed E-state index contributed by atoms with van der Waals surface area (Å²) in [5.74, 6) is -0.807. The predicted octanol–water partition coefficient (Wildman–Crippen LogP) is 0.969. The molecule has 0 spiro atoms. The average Bonchev–Trinajstić information content (AvgIpc) is 2.14. The molecule has 0 aromatic rings. The summed E-state index contributed by atoms with van der Waals surface area (Å²) in [6.45, 7) is 1.91. The Hall–Kier alpha value is -0.840. The number of rotatable bonds is 7. The Morgan fingerprint density at radius 3 is 2.71 bits per heavy atom. The molecule has 0 aliphatic carbocycles. The Balaban J connectivity index is 3.94. The minimum absolute atomic E-state index is 0.00854. The fourth-order valence-electron chi connectivity index (χ4n) is 0.672. The quantitative estimate of drug-likeness (QED) is 0.479. The van der Waals surface area contributed by atoms with Gasteiger partial charge in [-0.2, -0.15) is 0 Å². The molecule has 0 N–H and O–H groups in total. The summed E-state index contributed by atoms with van der Waals surface area (Å²) >= 11 is 5.51. The van der Waals surface area contributed by atoms with Gasteiger partial charge in [0.15, 0.2) is 0 Å². The van der Waals surface area contributed by atoms with Crippen molar-refractivity contribution in [3.05, 3.63) is 0 Å². The van der Waals surface area contributed by atoms with Gasteiger partial charge in [-0.3, -0.25) is 4.39 Å². The van der Waals surface area contributed by atoms with Crippen LogP contribution in [0.25, 0.3) is 0 Å². The van der Waals surface area contributed by atoms with E-state index in [9.17, 15) is 14.0 Å². The second-order valence-corrected chi connectivity index (χ2v) is 3.32. The lowest BCUT2D eigenvalue weighted by Gasteiger charge is -2.12. The van der Waals surface area contributed by atoms with Gasteiger partial charge in [-0.05, 0) is 6.92 Å². The van der Waals surface area contributed by atoms with Crippen LogP contribution in [0.5, 0.6) is 0 Å². The molecule has 81 valence electrons. The van der Waals surface area contributed by atoms with E-state index in [0.717, 1.165) is 6.47 Å². The van der Waals surface area contributed by atoms with E-state index < -0.39 is 18.7 Å². The van der Waals surface area contributed by atoms with Crippen molar-refractivity contribution < 1.29 is 23.5 Å². The smallest absolute Gasteiger partial charge is 0.418 e. The van der Waals surface area contributed by atoms with Crippen LogP contribution in [0.3, 0.4) is 0 Å². The molecule has 0 aliphatic rings. The van der Waals surface area contributed by atoms with Crippen LogP contribution in [0.15, 0.2) is 0 Å². The van der Waals surface area contributed by atoms with Gasteiger partial charge in [0, 0.05) is 6.42 Å². The zero-order chi connectivity index (χ0) is 11.0. The lowest BCUT2D eigenvalue weighted by atomic mass is 10.3. The first-order valence-electron chi connectivity index (χ1n) is 4.01. The molecule has 0 bridgehead atoms. The van der Waals surface area contributed by atoms with Crippen LogP contribution in [0.2, 0.25) is 0 Å². The van der Waals surface area contributed by atoms with Crippen LogP contribution in [-0.4, -0.2) is 37.2 Å². The molecule has 2 unspecified atom stereocenters. The van der Waals surface area contributed by atoms with Gasteiger partial charge in [0.05, 0.1) is 12.1 Å². The third-order valence-electron chi connectivity index (χ3n) is 1.28. The number of carbonyl (C=O) groups is 1. The number of ether oxygens (including phenoxy) is 2. The van der Waals surface area contributed by atoms with Gasteiger partial charge in [0.25, 0.3) is 0 Å². The lowest BCUT2D eigenvalue weighted by molar-refractivity contribution is -0.153. The molecule has 0 rings (SSSR count). The van der Waals surface area contributed by atoms with Crippen LogP contribution in [0.1, 0.15) is 13.3 Å². The molecule has 0 amide bonds. The average molecular weight is 226 g/mol. The van der Waals surface area contributed by atoms with Gasteiger partial charge >= 0.3 is 12.4 Å². The van der Waals surface area contributed by atoms with Crippen LogP contribution in [0, 0.1) is 0 Å². The Morgan fingerprint density at radius 2 is 2.29 bits per heavy atom. The van der Waals surface area contributed by atoms with Crippen molar-refractivity contribution in [3.63, 3.8) is 0 Å². The summed E-state index contributed by atoms with van der Waals surface area (Å²) in [5, 5.41) is -0.342. The minimum Gasteiger partial charge on any atom is -0.461 e. The molecule has 0 aromatic carbocycles. The predicted molar refractivity (Wildman–Crippen MR) is 47.4 cm³/mol. The number of esters is 1. The van der Waals surface area contributed by atoms with E-state index in [2.05, 4.69) is 9.47 Å². The molecule has 0 heterocycles. The molecule has 2 atom stereocenters. The van der Waals surface area contributed by atoms with Gasteiger partial charge in [-0.25, -0.2) is 9.59 Å². The largest absolute Gasteiger partial charge is 0.461 e. The Bertz CT molecular complexity index is 186. The molecule has 0 saturated carbocycles. The molecular formula is C8H11ClFO4. The molecule has 14 heavy (non-hydrogen) atoms. The summed E-state index contributed by atoms with van der Waals surface area (Å²) in [5.41, 5.74) is 0. The summed E-state index contributed by atoms with van der Waals surface area (Å²) in [4.78, 5) is 20.9. The van der Waals surface area contributed by atoms with Crippen LogP contribution < -0.4 is 0 Å². The fourth-order valence-corrected chi connectivity index (χ4v) is 0.735. The molecule has 0 aromatic heterocycles. The maximum Gasteiger partial charge on any atom is 0.418 e. The summed E-state index contributed by atoms with van der Waals surface area (Å²) in [7, 11) is 0. The van der Waals surface area contributed by atoms with Gasteiger partial charge in [0.1, 0.15) is 6.61 Å². The van der Waals surface area contributed by atoms with Crippen molar-refractivity contribution in [2.24, 2.45) is 0 Å².